The van der Waals surface area contributed by atoms with Crippen molar-refractivity contribution in [1.82, 2.24) is 10.4 Å². The molecular weight excluding hydrogens is 599 g/mol. The predicted molar refractivity (Wildman–Crippen MR) is 154 cm³/mol. The van der Waals surface area contributed by atoms with E-state index in [0.29, 0.717) is 15.7 Å². The summed E-state index contributed by atoms with van der Waals surface area (Å²) in [6, 6.07) is 24.0. The number of aromatic nitrogens is 1. The molecule has 6 nitrogen and oxygen atoms in total. The molecule has 1 aromatic heterocycles. The van der Waals surface area contributed by atoms with Gasteiger partial charge in [0.25, 0.3) is 5.91 Å². The molecule has 10 heteroatoms. The maximum atomic E-state index is 13.3. The van der Waals surface area contributed by atoms with Crippen LogP contribution in [-0.2, 0) is 6.18 Å². The van der Waals surface area contributed by atoms with Gasteiger partial charge in [0.2, 0.25) is 0 Å². The van der Waals surface area contributed by atoms with E-state index in [1.54, 1.807) is 12.1 Å². The van der Waals surface area contributed by atoms with Gasteiger partial charge in [-0.1, -0.05) is 64.0 Å². The molecule has 0 saturated carbocycles. The summed E-state index contributed by atoms with van der Waals surface area (Å²) >= 11 is 3.34. The Labute approximate surface area is 241 Å². The second-order valence-electron chi connectivity index (χ2n) is 9.14. The first-order valence-electron chi connectivity index (χ1n) is 12.3. The van der Waals surface area contributed by atoms with Gasteiger partial charge in [-0.15, -0.1) is 0 Å². The Kier molecular flexibility index (Phi) is 7.76. The highest BCUT2D eigenvalue weighted by molar-refractivity contribution is 9.10. The molecule has 0 bridgehead atoms. The van der Waals surface area contributed by atoms with Crippen LogP contribution in [0.3, 0.4) is 0 Å². The largest absolute Gasteiger partial charge is 0.422 e. The number of amides is 1. The SMILES string of the molecule is Cc1ccc2[nH]c(C(=O)NN=Cc3cc(Br)ccc3OC(=O)c3cccc(C(F)(F)F)c3)c(-c3ccccc3)c2c1. The lowest BCUT2D eigenvalue weighted by molar-refractivity contribution is -0.137. The van der Waals surface area contributed by atoms with E-state index in [9.17, 15) is 22.8 Å². The van der Waals surface area contributed by atoms with Crippen molar-refractivity contribution in [2.75, 3.05) is 0 Å². The number of ether oxygens (including phenoxy) is 1. The number of hydrogen-bond donors (Lipinski definition) is 2. The van der Waals surface area contributed by atoms with Crippen LogP contribution in [0.4, 0.5) is 13.2 Å². The molecule has 2 N–H and O–H groups in total. The third-order valence-electron chi connectivity index (χ3n) is 6.21. The van der Waals surface area contributed by atoms with E-state index in [1.807, 2.05) is 55.5 Å². The van der Waals surface area contributed by atoms with Crippen LogP contribution in [0.15, 0.2) is 101 Å². The minimum Gasteiger partial charge on any atom is -0.422 e. The monoisotopic (exact) mass is 619 g/mol. The number of hydrazone groups is 1. The molecule has 0 spiro atoms. The van der Waals surface area contributed by atoms with E-state index < -0.39 is 23.6 Å². The van der Waals surface area contributed by atoms with Gasteiger partial charge >= 0.3 is 12.1 Å². The fraction of sp³-hybridized carbons (Fsp3) is 0.0645. The number of hydrogen-bond acceptors (Lipinski definition) is 4. The number of nitrogens with one attached hydrogen (secondary N) is 2. The number of nitrogens with zero attached hydrogens (tertiary/aromatic N) is 1. The van der Waals surface area contributed by atoms with Gasteiger partial charge in [0.05, 0.1) is 17.3 Å². The van der Waals surface area contributed by atoms with Crippen LogP contribution in [0.25, 0.3) is 22.0 Å². The summed E-state index contributed by atoms with van der Waals surface area (Å²) in [7, 11) is 0. The zero-order chi connectivity index (χ0) is 29.1. The molecule has 0 radical (unpaired) electrons. The second-order valence-corrected chi connectivity index (χ2v) is 10.1. The highest BCUT2D eigenvalue weighted by Gasteiger charge is 2.31. The van der Waals surface area contributed by atoms with Crippen molar-refractivity contribution in [2.45, 2.75) is 13.1 Å². The van der Waals surface area contributed by atoms with Crippen LogP contribution in [0, 0.1) is 6.92 Å². The van der Waals surface area contributed by atoms with Crippen molar-refractivity contribution in [2.24, 2.45) is 5.10 Å². The Bertz CT molecular complexity index is 1800. The number of H-pyrrole nitrogens is 1. The smallest absolute Gasteiger partial charge is 0.416 e. The number of rotatable bonds is 6. The van der Waals surface area contributed by atoms with Crippen LogP contribution < -0.4 is 10.2 Å². The Balaban J connectivity index is 1.40. The number of aryl methyl sites for hydroxylation is 1. The van der Waals surface area contributed by atoms with Gasteiger partial charge in [-0.05, 0) is 61.0 Å². The van der Waals surface area contributed by atoms with E-state index in [4.69, 9.17) is 4.74 Å². The molecule has 5 aromatic rings. The van der Waals surface area contributed by atoms with Gasteiger partial charge in [-0.2, -0.15) is 18.3 Å². The van der Waals surface area contributed by atoms with Crippen LogP contribution in [0.2, 0.25) is 0 Å². The molecule has 5 rings (SSSR count). The van der Waals surface area contributed by atoms with E-state index in [0.717, 1.165) is 45.8 Å². The van der Waals surface area contributed by atoms with E-state index in [-0.39, 0.29) is 11.3 Å². The van der Waals surface area contributed by atoms with Gasteiger partial charge in [0.15, 0.2) is 0 Å². The molecule has 41 heavy (non-hydrogen) atoms. The molecule has 1 heterocycles. The fourth-order valence-corrected chi connectivity index (χ4v) is 4.67. The number of benzene rings is 4. The third-order valence-corrected chi connectivity index (χ3v) is 6.71. The number of halogens is 4. The number of aromatic amines is 1. The molecule has 1 amide bonds. The molecule has 0 unspecified atom stereocenters. The summed E-state index contributed by atoms with van der Waals surface area (Å²) in [5.41, 5.74) is 5.32. The average Bonchev–Trinajstić information content (AvgIpc) is 3.33. The zero-order valence-corrected chi connectivity index (χ0v) is 23.0. The number of carbonyl (C=O) groups is 2. The Morgan fingerprint density at radius 1 is 0.951 bits per heavy atom. The first-order chi connectivity index (χ1) is 19.6. The first-order valence-corrected chi connectivity index (χ1v) is 13.1. The molecule has 4 aromatic carbocycles. The number of fused-ring (bicyclic) bond motifs is 1. The lowest BCUT2D eigenvalue weighted by Gasteiger charge is -2.10. The average molecular weight is 620 g/mol. The standard InChI is InChI=1S/C31H21BrF3N3O3/c1-18-10-12-25-24(14-18)27(19-6-3-2-4-7-19)28(37-25)29(39)38-36-17-21-16-23(32)11-13-26(21)41-30(40)20-8-5-9-22(15-20)31(33,34)35/h2-17,37H,1H3,(H,38,39). The molecule has 0 atom stereocenters. The van der Waals surface area contributed by atoms with Crippen molar-refractivity contribution in [3.63, 3.8) is 0 Å². The van der Waals surface area contributed by atoms with Gasteiger partial charge in [0, 0.05) is 26.5 Å². The van der Waals surface area contributed by atoms with E-state index in [1.165, 1.54) is 18.3 Å². The first kappa shape index (κ1) is 27.9. The van der Waals surface area contributed by atoms with Gasteiger partial charge in [-0.3, -0.25) is 4.79 Å². The summed E-state index contributed by atoms with van der Waals surface area (Å²) < 4.78 is 45.3. The van der Waals surface area contributed by atoms with Crippen LogP contribution >= 0.6 is 15.9 Å². The topological polar surface area (TPSA) is 83.6 Å². The fourth-order valence-electron chi connectivity index (χ4n) is 4.29. The summed E-state index contributed by atoms with van der Waals surface area (Å²) in [5, 5.41) is 4.95. The minimum absolute atomic E-state index is 0.0414. The Morgan fingerprint density at radius 3 is 2.49 bits per heavy atom. The summed E-state index contributed by atoms with van der Waals surface area (Å²) in [5.74, 6) is -1.43. The van der Waals surface area contributed by atoms with Crippen LogP contribution in [0.5, 0.6) is 5.75 Å². The highest BCUT2D eigenvalue weighted by Crippen LogP contribution is 2.33. The van der Waals surface area contributed by atoms with Crippen molar-refractivity contribution in [1.29, 1.82) is 0 Å². The van der Waals surface area contributed by atoms with Crippen molar-refractivity contribution < 1.29 is 27.5 Å². The normalized spacial score (nSPS) is 11.6. The molecule has 0 aliphatic carbocycles. The maximum absolute atomic E-state index is 13.3. The van der Waals surface area contributed by atoms with E-state index in [2.05, 4.69) is 31.4 Å². The highest BCUT2D eigenvalue weighted by atomic mass is 79.9. The molecule has 0 saturated heterocycles. The molecule has 0 aliphatic rings. The summed E-state index contributed by atoms with van der Waals surface area (Å²) in [4.78, 5) is 29.1. The van der Waals surface area contributed by atoms with Crippen LogP contribution in [-0.4, -0.2) is 23.1 Å². The van der Waals surface area contributed by atoms with Crippen molar-refractivity contribution in [3.05, 3.63) is 123 Å². The predicted octanol–water partition coefficient (Wildman–Crippen LogP) is 7.91. The molecule has 206 valence electrons. The number of alkyl halides is 3. The quantitative estimate of drug-likeness (QED) is 0.0876. The lowest BCUT2D eigenvalue weighted by Crippen LogP contribution is -2.19. The summed E-state index contributed by atoms with van der Waals surface area (Å²) in [6.07, 6.45) is -3.32. The maximum Gasteiger partial charge on any atom is 0.416 e. The van der Waals surface area contributed by atoms with Crippen molar-refractivity contribution in [3.8, 4) is 16.9 Å². The molecule has 0 aliphatic heterocycles. The number of esters is 1. The van der Waals surface area contributed by atoms with Gasteiger partial charge in [-0.25, -0.2) is 10.2 Å². The van der Waals surface area contributed by atoms with Crippen LogP contribution in [0.1, 0.15) is 37.5 Å². The summed E-state index contributed by atoms with van der Waals surface area (Å²) in [6.45, 7) is 1.97. The minimum atomic E-state index is -4.60. The zero-order valence-electron chi connectivity index (χ0n) is 21.4. The second kappa shape index (κ2) is 11.4. The third kappa shape index (κ3) is 6.22. The molecule has 0 fully saturated rings. The lowest BCUT2D eigenvalue weighted by atomic mass is 10.0. The Morgan fingerprint density at radius 2 is 1.73 bits per heavy atom. The number of carbonyl (C=O) groups excluding carboxylic acids is 2. The Hall–Kier alpha value is -4.70. The van der Waals surface area contributed by atoms with E-state index >= 15 is 0 Å². The van der Waals surface area contributed by atoms with Gasteiger partial charge in [0.1, 0.15) is 11.4 Å². The molecular formula is C31H21BrF3N3O3. The van der Waals surface area contributed by atoms with Crippen molar-refractivity contribution >= 4 is 44.9 Å². The van der Waals surface area contributed by atoms with Gasteiger partial charge < -0.3 is 9.72 Å².